The van der Waals surface area contributed by atoms with Crippen LogP contribution in [0.5, 0.6) is 0 Å². The van der Waals surface area contributed by atoms with Crippen molar-refractivity contribution in [1.29, 1.82) is 0 Å². The molecule has 5 nitrogen and oxygen atoms in total. The van der Waals surface area contributed by atoms with Crippen molar-refractivity contribution < 1.29 is 14.3 Å². The van der Waals surface area contributed by atoms with Crippen molar-refractivity contribution >= 4 is 21.9 Å². The molecule has 6 heteroatoms. The second-order valence-corrected chi connectivity index (χ2v) is 3.32. The molecule has 0 aliphatic carbocycles. The van der Waals surface area contributed by atoms with Gasteiger partial charge in [0.15, 0.2) is 10.6 Å². The van der Waals surface area contributed by atoms with Crippen LogP contribution in [0.4, 0.5) is 0 Å². The first-order chi connectivity index (χ1) is 6.09. The van der Waals surface area contributed by atoms with Gasteiger partial charge < -0.3 is 15.3 Å². The second kappa shape index (κ2) is 4.38. The zero-order chi connectivity index (χ0) is 9.84. The first-order valence-corrected chi connectivity index (χ1v) is 4.47. The molecule has 0 aliphatic rings. The molecule has 0 amide bonds. The fraction of sp³-hybridized carbons (Fsp3) is 0.429. The Morgan fingerprint density at radius 3 is 3.00 bits per heavy atom. The van der Waals surface area contributed by atoms with Crippen LogP contribution in [-0.4, -0.2) is 22.1 Å². The number of hydrogen-bond donors (Lipinski definition) is 2. The summed E-state index contributed by atoms with van der Waals surface area (Å²) in [5, 5.41) is 8.48. The minimum Gasteiger partial charge on any atom is -0.480 e. The summed E-state index contributed by atoms with van der Waals surface area (Å²) in [6.45, 7) is 0. The van der Waals surface area contributed by atoms with Crippen molar-refractivity contribution in [3.05, 3.63) is 16.8 Å². The zero-order valence-corrected chi connectivity index (χ0v) is 8.32. The Balaban J connectivity index is 2.39. The maximum atomic E-state index is 10.3. The summed E-state index contributed by atoms with van der Waals surface area (Å²) in [4.78, 5) is 14.2. The topological polar surface area (TPSA) is 89.4 Å². The number of oxazole rings is 1. The van der Waals surface area contributed by atoms with Crippen LogP contribution in [0.15, 0.2) is 15.3 Å². The Bertz CT molecular complexity index is 300. The third-order valence-corrected chi connectivity index (χ3v) is 1.88. The minimum atomic E-state index is -1.01. The summed E-state index contributed by atoms with van der Waals surface area (Å²) in [7, 11) is 0. The number of carboxylic acids is 1. The van der Waals surface area contributed by atoms with Crippen molar-refractivity contribution in [2.75, 3.05) is 0 Å². The number of hydrogen-bond acceptors (Lipinski definition) is 4. The number of rotatable bonds is 4. The highest BCUT2D eigenvalue weighted by molar-refractivity contribution is 9.10. The molecule has 0 unspecified atom stereocenters. The lowest BCUT2D eigenvalue weighted by Crippen LogP contribution is -2.30. The van der Waals surface area contributed by atoms with Crippen molar-refractivity contribution in [2.24, 2.45) is 5.73 Å². The van der Waals surface area contributed by atoms with E-state index >= 15 is 0 Å². The van der Waals surface area contributed by atoms with Crippen molar-refractivity contribution in [2.45, 2.75) is 18.9 Å². The normalized spacial score (nSPS) is 12.8. The van der Waals surface area contributed by atoms with Gasteiger partial charge in [-0.05, 0) is 22.4 Å². The van der Waals surface area contributed by atoms with Crippen LogP contribution in [0.3, 0.4) is 0 Å². The molecule has 0 spiro atoms. The van der Waals surface area contributed by atoms with E-state index in [1.54, 1.807) is 0 Å². The smallest absolute Gasteiger partial charge is 0.320 e. The van der Waals surface area contributed by atoms with E-state index in [1.165, 1.54) is 6.20 Å². The number of carboxylic acid groups (broad SMARTS) is 1. The predicted molar refractivity (Wildman–Crippen MR) is 48.1 cm³/mol. The average Bonchev–Trinajstić information content (AvgIpc) is 2.47. The Morgan fingerprint density at radius 2 is 2.54 bits per heavy atom. The van der Waals surface area contributed by atoms with Gasteiger partial charge in [0.1, 0.15) is 6.04 Å². The van der Waals surface area contributed by atoms with Gasteiger partial charge in [0.25, 0.3) is 0 Å². The Hall–Kier alpha value is -0.880. The summed E-state index contributed by atoms with van der Waals surface area (Å²) >= 11 is 3.09. The maximum absolute atomic E-state index is 10.3. The van der Waals surface area contributed by atoms with Crippen LogP contribution < -0.4 is 5.73 Å². The molecular weight excluding hydrogens is 240 g/mol. The second-order valence-electron chi connectivity index (χ2n) is 2.54. The van der Waals surface area contributed by atoms with Gasteiger partial charge in [0.2, 0.25) is 0 Å². The molecular formula is C7H9BrN2O3. The van der Waals surface area contributed by atoms with E-state index in [1.807, 2.05) is 0 Å². The van der Waals surface area contributed by atoms with Crippen molar-refractivity contribution in [3.63, 3.8) is 0 Å². The van der Waals surface area contributed by atoms with Crippen LogP contribution in [0.2, 0.25) is 0 Å². The molecule has 0 aliphatic heterocycles. The van der Waals surface area contributed by atoms with E-state index in [0.717, 1.165) is 0 Å². The van der Waals surface area contributed by atoms with Gasteiger partial charge in [-0.15, -0.1) is 0 Å². The first kappa shape index (κ1) is 10.2. The van der Waals surface area contributed by atoms with E-state index in [4.69, 9.17) is 15.3 Å². The number of aryl methyl sites for hydroxylation is 1. The van der Waals surface area contributed by atoms with Gasteiger partial charge in [0.05, 0.1) is 6.20 Å². The number of nitrogens with zero attached hydrogens (tertiary/aromatic N) is 1. The fourth-order valence-corrected chi connectivity index (χ4v) is 1.10. The number of aromatic nitrogens is 1. The summed E-state index contributed by atoms with van der Waals surface area (Å²) in [5.74, 6) is -0.519. The van der Waals surface area contributed by atoms with Gasteiger partial charge in [-0.1, -0.05) is 0 Å². The average molecular weight is 249 g/mol. The number of nitrogens with two attached hydrogens (primary N) is 1. The van der Waals surface area contributed by atoms with Gasteiger partial charge in [0, 0.05) is 6.42 Å². The predicted octanol–water partition coefficient (Wildman–Crippen LogP) is 0.782. The molecule has 1 atom stereocenters. The molecule has 72 valence electrons. The van der Waals surface area contributed by atoms with Crippen molar-refractivity contribution in [3.8, 4) is 0 Å². The third-order valence-electron chi connectivity index (χ3n) is 1.51. The Labute approximate surface area is 83.1 Å². The molecule has 0 fully saturated rings. The summed E-state index contributed by atoms with van der Waals surface area (Å²) in [6, 6.07) is -0.856. The molecule has 0 aromatic carbocycles. The summed E-state index contributed by atoms with van der Waals surface area (Å²) < 4.78 is 5.60. The highest BCUT2D eigenvalue weighted by atomic mass is 79.9. The number of halogens is 1. The molecule has 1 aromatic rings. The van der Waals surface area contributed by atoms with E-state index in [2.05, 4.69) is 20.9 Å². The Morgan fingerprint density at radius 1 is 1.85 bits per heavy atom. The van der Waals surface area contributed by atoms with Crippen molar-refractivity contribution in [1.82, 2.24) is 4.98 Å². The van der Waals surface area contributed by atoms with Gasteiger partial charge in [-0.2, -0.15) is 0 Å². The summed E-state index contributed by atoms with van der Waals surface area (Å²) in [6.07, 6.45) is 2.27. The maximum Gasteiger partial charge on any atom is 0.320 e. The van der Waals surface area contributed by atoms with E-state index in [0.29, 0.717) is 23.4 Å². The van der Waals surface area contributed by atoms with Crippen LogP contribution >= 0.6 is 15.9 Å². The third kappa shape index (κ3) is 3.16. The lowest BCUT2D eigenvalue weighted by Gasteiger charge is -2.02. The van der Waals surface area contributed by atoms with Gasteiger partial charge in [-0.25, -0.2) is 4.98 Å². The monoisotopic (exact) mass is 248 g/mol. The standard InChI is InChI=1S/C7H9BrN2O3/c8-5-3-10-6(13-5)2-1-4(9)7(11)12/h3-4H,1-2,9H2,(H,11,12)/t4-/m0/s1. The van der Waals surface area contributed by atoms with E-state index < -0.39 is 12.0 Å². The zero-order valence-electron chi connectivity index (χ0n) is 6.74. The molecule has 0 saturated heterocycles. The Kier molecular flexibility index (Phi) is 3.44. The fourth-order valence-electron chi connectivity index (χ4n) is 0.806. The van der Waals surface area contributed by atoms with Gasteiger partial charge >= 0.3 is 5.97 Å². The van der Waals surface area contributed by atoms with Crippen LogP contribution in [0.25, 0.3) is 0 Å². The molecule has 0 radical (unpaired) electrons. The largest absolute Gasteiger partial charge is 0.480 e. The molecule has 0 bridgehead atoms. The lowest BCUT2D eigenvalue weighted by molar-refractivity contribution is -0.138. The SMILES string of the molecule is N[C@@H](CCc1ncc(Br)o1)C(=O)O. The van der Waals surface area contributed by atoms with Crippen LogP contribution in [0.1, 0.15) is 12.3 Å². The molecule has 0 saturated carbocycles. The molecule has 1 rings (SSSR count). The highest BCUT2D eigenvalue weighted by Crippen LogP contribution is 2.12. The van der Waals surface area contributed by atoms with E-state index in [-0.39, 0.29) is 0 Å². The minimum absolute atomic E-state index is 0.322. The molecule has 1 heterocycles. The number of aliphatic carboxylic acids is 1. The first-order valence-electron chi connectivity index (χ1n) is 3.68. The molecule has 1 aromatic heterocycles. The quantitative estimate of drug-likeness (QED) is 0.822. The lowest BCUT2D eigenvalue weighted by atomic mass is 10.2. The van der Waals surface area contributed by atoms with Crippen LogP contribution in [-0.2, 0) is 11.2 Å². The number of carbonyl (C=O) groups is 1. The van der Waals surface area contributed by atoms with Crippen LogP contribution in [0, 0.1) is 0 Å². The molecule has 13 heavy (non-hydrogen) atoms. The summed E-state index contributed by atoms with van der Waals surface area (Å²) in [5.41, 5.74) is 5.29. The highest BCUT2D eigenvalue weighted by Gasteiger charge is 2.12. The molecule has 3 N–H and O–H groups in total. The van der Waals surface area contributed by atoms with Gasteiger partial charge in [-0.3, -0.25) is 4.79 Å². The van der Waals surface area contributed by atoms with E-state index in [9.17, 15) is 4.79 Å².